The van der Waals surface area contributed by atoms with Crippen molar-refractivity contribution in [1.82, 2.24) is 19.9 Å². The van der Waals surface area contributed by atoms with Gasteiger partial charge in [-0.05, 0) is 19.8 Å². The molecule has 7 nitrogen and oxygen atoms in total. The number of piperazine rings is 1. The molecule has 2 aliphatic rings. The van der Waals surface area contributed by atoms with E-state index in [9.17, 15) is 4.79 Å². The van der Waals surface area contributed by atoms with E-state index in [2.05, 4.69) is 22.0 Å². The molecule has 1 saturated heterocycles. The van der Waals surface area contributed by atoms with E-state index in [0.29, 0.717) is 31.3 Å². The van der Waals surface area contributed by atoms with Crippen molar-refractivity contribution in [3.8, 4) is 11.4 Å². The van der Waals surface area contributed by atoms with Crippen LogP contribution in [0.4, 0.5) is 0 Å². The van der Waals surface area contributed by atoms with Crippen LogP contribution < -0.4 is 5.73 Å². The summed E-state index contributed by atoms with van der Waals surface area (Å²) in [6.45, 7) is 5.66. The SMILES string of the molecule is Cc1ccc(-c2noc(CN3CCN(C(=O)C4(N)CCCC4)CC3)n2)cc1.Cl.Cl. The van der Waals surface area contributed by atoms with Crippen molar-refractivity contribution in [2.45, 2.75) is 44.7 Å². The van der Waals surface area contributed by atoms with E-state index in [1.165, 1.54) is 5.56 Å². The molecular weight excluding hydrogens is 413 g/mol. The highest BCUT2D eigenvalue weighted by Gasteiger charge is 2.40. The molecule has 2 fully saturated rings. The summed E-state index contributed by atoms with van der Waals surface area (Å²) in [6.07, 6.45) is 3.75. The first-order valence-electron chi connectivity index (χ1n) is 9.74. The zero-order valence-corrected chi connectivity index (χ0v) is 18.3. The highest BCUT2D eigenvalue weighted by molar-refractivity contribution is 5.86. The summed E-state index contributed by atoms with van der Waals surface area (Å²) in [6, 6.07) is 8.08. The minimum Gasteiger partial charge on any atom is -0.339 e. The first-order valence-corrected chi connectivity index (χ1v) is 9.74. The summed E-state index contributed by atoms with van der Waals surface area (Å²) in [5.74, 6) is 1.35. The monoisotopic (exact) mass is 441 g/mol. The first kappa shape index (κ1) is 23.6. The van der Waals surface area contributed by atoms with E-state index in [4.69, 9.17) is 10.3 Å². The molecule has 4 rings (SSSR count). The van der Waals surface area contributed by atoms with Gasteiger partial charge in [0.05, 0.1) is 12.1 Å². The molecule has 1 amide bonds. The van der Waals surface area contributed by atoms with Crippen molar-refractivity contribution in [1.29, 1.82) is 0 Å². The van der Waals surface area contributed by atoms with Gasteiger partial charge in [-0.15, -0.1) is 24.8 Å². The predicted octanol–water partition coefficient (Wildman–Crippen LogP) is 2.80. The maximum absolute atomic E-state index is 12.7. The van der Waals surface area contributed by atoms with Crippen LogP contribution in [-0.4, -0.2) is 57.6 Å². The van der Waals surface area contributed by atoms with E-state index in [1.54, 1.807) is 0 Å². The highest BCUT2D eigenvalue weighted by Crippen LogP contribution is 2.29. The first-order chi connectivity index (χ1) is 13.0. The lowest BCUT2D eigenvalue weighted by molar-refractivity contribution is -0.138. The average Bonchev–Trinajstić information content (AvgIpc) is 3.32. The van der Waals surface area contributed by atoms with E-state index in [0.717, 1.165) is 44.3 Å². The second-order valence-corrected chi connectivity index (χ2v) is 7.81. The number of carbonyl (C=O) groups excluding carboxylic acids is 1. The Morgan fingerprint density at radius 2 is 1.72 bits per heavy atom. The predicted molar refractivity (Wildman–Crippen MR) is 116 cm³/mol. The lowest BCUT2D eigenvalue weighted by Gasteiger charge is -2.38. The largest absolute Gasteiger partial charge is 0.339 e. The summed E-state index contributed by atoms with van der Waals surface area (Å²) >= 11 is 0. The zero-order valence-electron chi connectivity index (χ0n) is 16.7. The van der Waals surface area contributed by atoms with Gasteiger partial charge in [0.15, 0.2) is 0 Å². The number of nitrogens with two attached hydrogens (primary N) is 1. The van der Waals surface area contributed by atoms with Crippen molar-refractivity contribution >= 4 is 30.7 Å². The molecule has 1 aliphatic carbocycles. The van der Waals surface area contributed by atoms with Crippen LogP contribution in [0.15, 0.2) is 28.8 Å². The number of hydrogen-bond donors (Lipinski definition) is 1. The van der Waals surface area contributed by atoms with E-state index in [1.807, 2.05) is 29.2 Å². The lowest BCUT2D eigenvalue weighted by atomic mass is 9.97. The molecule has 1 aliphatic heterocycles. The van der Waals surface area contributed by atoms with Gasteiger partial charge in [-0.2, -0.15) is 4.98 Å². The Morgan fingerprint density at radius 1 is 1.10 bits per heavy atom. The van der Waals surface area contributed by atoms with E-state index < -0.39 is 5.54 Å². The van der Waals surface area contributed by atoms with Crippen LogP contribution >= 0.6 is 24.8 Å². The Hall–Kier alpha value is -1.67. The number of halogens is 2. The molecule has 0 atom stereocenters. The van der Waals surface area contributed by atoms with Gasteiger partial charge >= 0.3 is 0 Å². The van der Waals surface area contributed by atoms with E-state index in [-0.39, 0.29) is 30.7 Å². The fourth-order valence-corrected chi connectivity index (χ4v) is 3.97. The lowest BCUT2D eigenvalue weighted by Crippen LogP contribution is -2.58. The second kappa shape index (κ2) is 9.89. The van der Waals surface area contributed by atoms with Gasteiger partial charge in [0.1, 0.15) is 0 Å². The molecule has 9 heteroatoms. The van der Waals surface area contributed by atoms with E-state index >= 15 is 0 Å². The van der Waals surface area contributed by atoms with Crippen molar-refractivity contribution in [2.75, 3.05) is 26.2 Å². The molecular formula is C20H29Cl2N5O2. The minimum absolute atomic E-state index is 0. The topological polar surface area (TPSA) is 88.5 Å². The molecule has 1 aromatic carbocycles. The standard InChI is InChI=1S/C20H27N5O2.2ClH/c1-15-4-6-16(7-5-15)18-22-17(27-23-18)14-24-10-12-25(13-11-24)19(26)20(21)8-2-3-9-20;;/h4-7H,2-3,8-14,21H2,1H3;2*1H. The van der Waals surface area contributed by atoms with Gasteiger partial charge in [-0.3, -0.25) is 9.69 Å². The van der Waals surface area contributed by atoms with Crippen LogP contribution in [0.3, 0.4) is 0 Å². The molecule has 0 unspecified atom stereocenters. The number of aryl methyl sites for hydroxylation is 1. The van der Waals surface area contributed by atoms with Gasteiger partial charge in [0.2, 0.25) is 17.6 Å². The van der Waals surface area contributed by atoms with Crippen molar-refractivity contribution in [3.63, 3.8) is 0 Å². The van der Waals surface area contributed by atoms with Crippen molar-refractivity contribution in [3.05, 3.63) is 35.7 Å². The van der Waals surface area contributed by atoms with Crippen molar-refractivity contribution < 1.29 is 9.32 Å². The maximum atomic E-state index is 12.7. The molecule has 160 valence electrons. The average molecular weight is 442 g/mol. The fourth-order valence-electron chi connectivity index (χ4n) is 3.97. The number of benzene rings is 1. The van der Waals surface area contributed by atoms with Crippen LogP contribution in [0.1, 0.15) is 37.1 Å². The van der Waals surface area contributed by atoms with Gasteiger partial charge < -0.3 is 15.2 Å². The Kier molecular flexibility index (Phi) is 8.05. The second-order valence-electron chi connectivity index (χ2n) is 7.81. The zero-order chi connectivity index (χ0) is 18.9. The maximum Gasteiger partial charge on any atom is 0.242 e. The third kappa shape index (κ3) is 5.28. The molecule has 2 heterocycles. The number of nitrogens with zero attached hydrogens (tertiary/aromatic N) is 4. The normalized spacial score (nSPS) is 18.8. The number of rotatable bonds is 4. The molecule has 1 aromatic heterocycles. The summed E-state index contributed by atoms with van der Waals surface area (Å²) < 4.78 is 5.42. The Morgan fingerprint density at radius 3 is 2.34 bits per heavy atom. The molecule has 2 aromatic rings. The Bertz CT molecular complexity index is 797. The number of amides is 1. The minimum atomic E-state index is -0.627. The number of carbonyl (C=O) groups is 1. The summed E-state index contributed by atoms with van der Waals surface area (Å²) in [5, 5.41) is 4.09. The van der Waals surface area contributed by atoms with Gasteiger partial charge in [-0.1, -0.05) is 47.8 Å². The molecule has 0 radical (unpaired) electrons. The van der Waals surface area contributed by atoms with Gasteiger partial charge in [-0.25, -0.2) is 0 Å². The van der Waals surface area contributed by atoms with Crippen LogP contribution in [0.25, 0.3) is 11.4 Å². The molecule has 1 saturated carbocycles. The fraction of sp³-hybridized carbons (Fsp3) is 0.550. The van der Waals surface area contributed by atoms with Gasteiger partial charge in [0, 0.05) is 31.7 Å². The van der Waals surface area contributed by atoms with Crippen molar-refractivity contribution in [2.24, 2.45) is 5.73 Å². The van der Waals surface area contributed by atoms with Crippen LogP contribution in [0.2, 0.25) is 0 Å². The quantitative estimate of drug-likeness (QED) is 0.784. The van der Waals surface area contributed by atoms with Crippen LogP contribution in [0.5, 0.6) is 0 Å². The van der Waals surface area contributed by atoms with Crippen LogP contribution in [-0.2, 0) is 11.3 Å². The molecule has 29 heavy (non-hydrogen) atoms. The Labute approximate surface area is 183 Å². The summed E-state index contributed by atoms with van der Waals surface area (Å²) in [5.41, 5.74) is 7.85. The smallest absolute Gasteiger partial charge is 0.242 e. The highest BCUT2D eigenvalue weighted by atomic mass is 35.5. The molecule has 2 N–H and O–H groups in total. The molecule has 0 bridgehead atoms. The number of hydrogen-bond acceptors (Lipinski definition) is 6. The number of aromatic nitrogens is 2. The third-order valence-corrected chi connectivity index (χ3v) is 5.72. The van der Waals surface area contributed by atoms with Crippen LogP contribution in [0, 0.1) is 6.92 Å². The third-order valence-electron chi connectivity index (χ3n) is 5.72. The summed E-state index contributed by atoms with van der Waals surface area (Å²) in [7, 11) is 0. The summed E-state index contributed by atoms with van der Waals surface area (Å²) in [4.78, 5) is 21.4. The molecule has 0 spiro atoms. The van der Waals surface area contributed by atoms with Gasteiger partial charge in [0.25, 0.3) is 0 Å². The Balaban J connectivity index is 0.00000150.